The third kappa shape index (κ3) is 2.67. The van der Waals surface area contributed by atoms with E-state index in [0.717, 1.165) is 5.57 Å². The topological polar surface area (TPSA) is 43.4 Å². The number of hydrogen-bond acceptors (Lipinski definition) is 3. The Labute approximate surface area is 108 Å². The predicted molar refractivity (Wildman–Crippen MR) is 71.0 cm³/mol. The first-order valence-corrected chi connectivity index (χ1v) is 5.66. The number of esters is 1. The van der Waals surface area contributed by atoms with Crippen molar-refractivity contribution in [3.05, 3.63) is 48.1 Å². The Hall–Kier alpha value is -1.90. The van der Waals surface area contributed by atoms with E-state index in [2.05, 4.69) is 19.7 Å². The zero-order valence-corrected chi connectivity index (χ0v) is 11.1. The first-order valence-electron chi connectivity index (χ1n) is 5.66. The molecule has 1 aliphatic rings. The fourth-order valence-electron chi connectivity index (χ4n) is 1.72. The van der Waals surface area contributed by atoms with E-state index in [4.69, 9.17) is 4.74 Å². The second-order valence-electron chi connectivity index (χ2n) is 4.88. The van der Waals surface area contributed by atoms with Crippen LogP contribution in [0.15, 0.2) is 48.1 Å². The van der Waals surface area contributed by atoms with Crippen LogP contribution in [0.5, 0.6) is 0 Å². The Kier molecular flexibility index (Phi) is 3.75. The third-order valence-corrected chi connectivity index (χ3v) is 2.87. The molecule has 0 aliphatic carbocycles. The highest BCUT2D eigenvalue weighted by molar-refractivity contribution is 6.01. The lowest BCUT2D eigenvalue weighted by Crippen LogP contribution is -2.29. The Morgan fingerprint density at radius 3 is 2.39 bits per heavy atom. The van der Waals surface area contributed by atoms with Crippen molar-refractivity contribution in [2.75, 3.05) is 0 Å². The minimum Gasteiger partial charge on any atom is -0.450 e. The summed E-state index contributed by atoms with van der Waals surface area (Å²) in [4.78, 5) is 23.5. The van der Waals surface area contributed by atoms with Gasteiger partial charge in [0.05, 0.1) is 12.0 Å². The van der Waals surface area contributed by atoms with Gasteiger partial charge in [-0.15, -0.1) is 0 Å². The summed E-state index contributed by atoms with van der Waals surface area (Å²) in [5.74, 6) is -0.594. The van der Waals surface area contributed by atoms with Crippen molar-refractivity contribution in [3.63, 3.8) is 0 Å². The molecular formula is C15H18O3. The summed E-state index contributed by atoms with van der Waals surface area (Å²) in [6.07, 6.45) is 1.70. The Balaban J connectivity index is 3.04. The van der Waals surface area contributed by atoms with Gasteiger partial charge < -0.3 is 4.74 Å². The average molecular weight is 246 g/mol. The van der Waals surface area contributed by atoms with Gasteiger partial charge in [-0.05, 0) is 32.4 Å². The van der Waals surface area contributed by atoms with E-state index in [0.29, 0.717) is 16.7 Å². The molecule has 0 bridgehead atoms. The van der Waals surface area contributed by atoms with Crippen LogP contribution in [-0.4, -0.2) is 17.4 Å². The molecule has 18 heavy (non-hydrogen) atoms. The molecule has 1 saturated heterocycles. The summed E-state index contributed by atoms with van der Waals surface area (Å²) in [5.41, 5.74) is 1.11. The largest absolute Gasteiger partial charge is 0.450 e. The monoisotopic (exact) mass is 246 g/mol. The molecule has 0 aromatic carbocycles. The van der Waals surface area contributed by atoms with Gasteiger partial charge in [-0.3, -0.25) is 4.79 Å². The van der Waals surface area contributed by atoms with Crippen molar-refractivity contribution in [1.82, 2.24) is 0 Å². The first-order chi connectivity index (χ1) is 8.17. The van der Waals surface area contributed by atoms with E-state index in [1.807, 2.05) is 0 Å². The fraction of sp³-hybridized carbons (Fsp3) is 0.333. The summed E-state index contributed by atoms with van der Waals surface area (Å²) in [6, 6.07) is 0. The zero-order valence-electron chi connectivity index (χ0n) is 11.1. The van der Waals surface area contributed by atoms with Crippen molar-refractivity contribution >= 4 is 11.8 Å². The van der Waals surface area contributed by atoms with E-state index in [9.17, 15) is 9.59 Å². The molecule has 0 radical (unpaired) electrons. The lowest BCUT2D eigenvalue weighted by Gasteiger charge is -2.22. The number of rotatable bonds is 4. The van der Waals surface area contributed by atoms with Crippen LogP contribution in [0.1, 0.15) is 27.2 Å². The van der Waals surface area contributed by atoms with Crippen molar-refractivity contribution in [2.24, 2.45) is 0 Å². The molecule has 1 heterocycles. The number of ketones is 1. The molecule has 0 amide bonds. The normalized spacial score (nSPS) is 25.2. The number of cyclic esters (lactones) is 1. The standard InChI is InChI=1S/C15H18O3/c1-9(2)7-12-11(5)15(6,18-14(12)17)8-13(16)10(3)4/h7H,1,3,5,8H2,2,4,6H3. The molecule has 0 saturated carbocycles. The number of Topliss-reactive ketones (excluding diaryl/α,β-unsaturated/α-hetero) is 1. The van der Waals surface area contributed by atoms with Crippen LogP contribution in [-0.2, 0) is 14.3 Å². The van der Waals surface area contributed by atoms with Gasteiger partial charge in [-0.25, -0.2) is 4.79 Å². The number of carbonyl (C=O) groups excluding carboxylic acids is 2. The summed E-state index contributed by atoms with van der Waals surface area (Å²) in [7, 11) is 0. The highest BCUT2D eigenvalue weighted by Crippen LogP contribution is 2.38. The molecule has 0 aromatic rings. The maximum absolute atomic E-state index is 11.8. The predicted octanol–water partition coefficient (Wildman–Crippen LogP) is 2.90. The van der Waals surface area contributed by atoms with Crippen molar-refractivity contribution in [2.45, 2.75) is 32.8 Å². The van der Waals surface area contributed by atoms with E-state index in [-0.39, 0.29) is 12.2 Å². The number of allylic oxidation sites excluding steroid dienone is 3. The molecule has 1 fully saturated rings. The summed E-state index contributed by atoms with van der Waals surface area (Å²) < 4.78 is 5.29. The highest BCUT2D eigenvalue weighted by atomic mass is 16.6. The van der Waals surface area contributed by atoms with Gasteiger partial charge >= 0.3 is 5.97 Å². The van der Waals surface area contributed by atoms with Crippen LogP contribution in [0.25, 0.3) is 0 Å². The van der Waals surface area contributed by atoms with Crippen LogP contribution in [0.2, 0.25) is 0 Å². The third-order valence-electron chi connectivity index (χ3n) is 2.87. The Morgan fingerprint density at radius 1 is 1.39 bits per heavy atom. The van der Waals surface area contributed by atoms with Gasteiger partial charge in [0.25, 0.3) is 0 Å². The second-order valence-corrected chi connectivity index (χ2v) is 4.88. The van der Waals surface area contributed by atoms with Crippen LogP contribution in [0.3, 0.4) is 0 Å². The molecule has 1 atom stereocenters. The first kappa shape index (κ1) is 14.2. The fourth-order valence-corrected chi connectivity index (χ4v) is 1.72. The van der Waals surface area contributed by atoms with Crippen LogP contribution in [0.4, 0.5) is 0 Å². The summed E-state index contributed by atoms with van der Waals surface area (Å²) in [6.45, 7) is 16.3. The number of ether oxygens (including phenoxy) is 1. The van der Waals surface area contributed by atoms with Crippen molar-refractivity contribution in [3.8, 4) is 0 Å². The molecule has 1 unspecified atom stereocenters. The van der Waals surface area contributed by atoms with Crippen molar-refractivity contribution in [1.29, 1.82) is 0 Å². The lowest BCUT2D eigenvalue weighted by molar-refractivity contribution is -0.145. The SMILES string of the molecule is C=C(C)C=C1C(=C)C(C)(CC(=O)C(=C)C)OC1=O. The van der Waals surface area contributed by atoms with E-state index >= 15 is 0 Å². The van der Waals surface area contributed by atoms with Gasteiger partial charge in [0.1, 0.15) is 5.60 Å². The smallest absolute Gasteiger partial charge is 0.339 e. The molecule has 96 valence electrons. The minimum atomic E-state index is -0.978. The number of hydrogen-bond donors (Lipinski definition) is 0. The quantitative estimate of drug-likeness (QED) is 0.566. The van der Waals surface area contributed by atoms with Gasteiger partial charge in [0, 0.05) is 5.57 Å². The summed E-state index contributed by atoms with van der Waals surface area (Å²) in [5, 5.41) is 0. The van der Waals surface area contributed by atoms with Gasteiger partial charge in [0.15, 0.2) is 5.78 Å². The molecule has 3 nitrogen and oxygen atoms in total. The van der Waals surface area contributed by atoms with E-state index in [1.165, 1.54) is 0 Å². The molecular weight excluding hydrogens is 228 g/mol. The van der Waals surface area contributed by atoms with Crippen LogP contribution in [0, 0.1) is 0 Å². The van der Waals surface area contributed by atoms with Gasteiger partial charge in [0.2, 0.25) is 0 Å². The summed E-state index contributed by atoms with van der Waals surface area (Å²) >= 11 is 0. The van der Waals surface area contributed by atoms with E-state index in [1.54, 1.807) is 26.8 Å². The second kappa shape index (κ2) is 4.77. The highest BCUT2D eigenvalue weighted by Gasteiger charge is 2.44. The maximum atomic E-state index is 11.8. The minimum absolute atomic E-state index is 0.0699. The molecule has 1 aliphatic heterocycles. The zero-order chi connectivity index (χ0) is 14.1. The van der Waals surface area contributed by atoms with Crippen LogP contribution >= 0.6 is 0 Å². The van der Waals surface area contributed by atoms with E-state index < -0.39 is 11.6 Å². The van der Waals surface area contributed by atoms with Gasteiger partial charge in [-0.1, -0.05) is 25.3 Å². The number of carbonyl (C=O) groups is 2. The molecule has 3 heteroatoms. The molecule has 0 spiro atoms. The van der Waals surface area contributed by atoms with Gasteiger partial charge in [-0.2, -0.15) is 0 Å². The van der Waals surface area contributed by atoms with Crippen molar-refractivity contribution < 1.29 is 14.3 Å². The average Bonchev–Trinajstić information content (AvgIpc) is 2.41. The Bertz CT molecular complexity index is 494. The molecule has 1 rings (SSSR count). The molecule has 0 aromatic heterocycles. The maximum Gasteiger partial charge on any atom is 0.339 e. The Morgan fingerprint density at radius 2 is 1.94 bits per heavy atom. The molecule has 0 N–H and O–H groups in total. The lowest BCUT2D eigenvalue weighted by atomic mass is 9.87. The van der Waals surface area contributed by atoms with Crippen LogP contribution < -0.4 is 0 Å².